The average molecular weight is 459 g/mol. The van der Waals surface area contributed by atoms with Gasteiger partial charge in [0.15, 0.2) is 17.1 Å². The molecule has 9 heteroatoms. The highest BCUT2D eigenvalue weighted by Crippen LogP contribution is 2.45. The summed E-state index contributed by atoms with van der Waals surface area (Å²) in [5, 5.41) is 18.5. The number of fused-ring (bicyclic) bond motifs is 3. The molecule has 1 atom stereocenters. The number of pyridine rings is 1. The van der Waals surface area contributed by atoms with E-state index >= 15 is 4.39 Å². The molecule has 4 aromatic rings. The van der Waals surface area contributed by atoms with Crippen molar-refractivity contribution >= 4 is 33.4 Å². The fourth-order valence-corrected chi connectivity index (χ4v) is 3.77. The van der Waals surface area contributed by atoms with Crippen molar-refractivity contribution in [2.45, 2.75) is 26.8 Å². The second-order valence-corrected chi connectivity index (χ2v) is 8.44. The molecule has 0 aliphatic carbocycles. The molecule has 4 N–H and O–H groups in total. The van der Waals surface area contributed by atoms with Crippen molar-refractivity contribution in [1.29, 1.82) is 0 Å². The lowest BCUT2D eigenvalue weighted by atomic mass is 9.99. The van der Waals surface area contributed by atoms with Gasteiger partial charge in [-0.1, -0.05) is 25.4 Å². The Kier molecular flexibility index (Phi) is 5.83. The number of benzene rings is 2. The van der Waals surface area contributed by atoms with Crippen LogP contribution in [-0.4, -0.2) is 40.0 Å². The molecule has 7 nitrogen and oxygen atoms in total. The third-order valence-corrected chi connectivity index (χ3v) is 5.85. The first-order chi connectivity index (χ1) is 15.2. The first kappa shape index (κ1) is 22.1. The monoisotopic (exact) mass is 458 g/mol. The fourth-order valence-electron chi connectivity index (χ4n) is 3.59. The SMILES string of the molecule is COc1c(OC[C@H](N)C(C)C)cc(F)c2c(-c3ccc(O)c(Cl)c3)nc3n[nH]c(C)c3c12. The largest absolute Gasteiger partial charge is 0.506 e. The van der Waals surface area contributed by atoms with E-state index in [-0.39, 0.29) is 40.5 Å². The lowest BCUT2D eigenvalue weighted by Gasteiger charge is -2.20. The standard InChI is InChI=1S/C23H24ClFN4O3/c1-10(2)15(26)9-32-17-8-14(25)19-20(22(17)31-4)18-11(3)28-29-23(18)27-21(19)12-5-6-16(30)13(24)7-12/h5-8,10,15,30H,9,26H2,1-4H3,(H,27,28,29)/t15-/m0/s1. The highest BCUT2D eigenvalue weighted by atomic mass is 35.5. The summed E-state index contributed by atoms with van der Waals surface area (Å²) in [5.74, 6) is 0.190. The summed E-state index contributed by atoms with van der Waals surface area (Å²) in [5.41, 5.74) is 8.06. The van der Waals surface area contributed by atoms with E-state index in [1.54, 1.807) is 6.07 Å². The number of nitrogens with two attached hydrogens (primary N) is 1. The first-order valence-corrected chi connectivity index (χ1v) is 10.5. The maximum Gasteiger partial charge on any atom is 0.182 e. The van der Waals surface area contributed by atoms with Gasteiger partial charge in [-0.25, -0.2) is 9.37 Å². The molecular weight excluding hydrogens is 435 g/mol. The van der Waals surface area contributed by atoms with E-state index in [1.807, 2.05) is 20.8 Å². The number of aryl methyl sites for hydroxylation is 1. The molecule has 0 saturated carbocycles. The number of halogens is 2. The smallest absolute Gasteiger partial charge is 0.182 e. The highest BCUT2D eigenvalue weighted by molar-refractivity contribution is 6.32. The molecule has 2 aromatic heterocycles. The zero-order valence-electron chi connectivity index (χ0n) is 18.2. The maximum absolute atomic E-state index is 15.6. The number of ether oxygens (including phenoxy) is 2. The third-order valence-electron chi connectivity index (χ3n) is 5.54. The number of methoxy groups -OCH3 is 1. The van der Waals surface area contributed by atoms with Gasteiger partial charge in [-0.2, -0.15) is 5.10 Å². The summed E-state index contributed by atoms with van der Waals surface area (Å²) in [6.07, 6.45) is 0. The molecule has 0 amide bonds. The maximum atomic E-state index is 15.6. The van der Waals surface area contributed by atoms with Gasteiger partial charge < -0.3 is 20.3 Å². The van der Waals surface area contributed by atoms with Crippen LogP contribution in [0.5, 0.6) is 17.2 Å². The molecule has 0 unspecified atom stereocenters. The van der Waals surface area contributed by atoms with Crippen molar-refractivity contribution in [2.75, 3.05) is 13.7 Å². The number of nitrogens with one attached hydrogen (secondary N) is 1. The summed E-state index contributed by atoms with van der Waals surface area (Å²) in [6, 6.07) is 5.64. The van der Waals surface area contributed by atoms with Gasteiger partial charge in [-0.15, -0.1) is 0 Å². The molecule has 0 saturated heterocycles. The Balaban J connectivity index is 2.04. The van der Waals surface area contributed by atoms with Crippen molar-refractivity contribution < 1.29 is 19.0 Å². The molecule has 0 spiro atoms. The number of aromatic nitrogens is 3. The minimum Gasteiger partial charge on any atom is -0.506 e. The van der Waals surface area contributed by atoms with Gasteiger partial charge in [0.25, 0.3) is 0 Å². The van der Waals surface area contributed by atoms with Crippen LogP contribution in [0.2, 0.25) is 5.02 Å². The summed E-state index contributed by atoms with van der Waals surface area (Å²) < 4.78 is 27.2. The van der Waals surface area contributed by atoms with Gasteiger partial charge >= 0.3 is 0 Å². The van der Waals surface area contributed by atoms with Crippen molar-refractivity contribution in [3.05, 3.63) is 40.8 Å². The lowest BCUT2D eigenvalue weighted by Crippen LogP contribution is -2.33. The zero-order chi connectivity index (χ0) is 23.2. The fraction of sp³-hybridized carbons (Fsp3) is 0.304. The Morgan fingerprint density at radius 2 is 1.97 bits per heavy atom. The summed E-state index contributed by atoms with van der Waals surface area (Å²) in [4.78, 5) is 4.59. The molecule has 0 aliphatic rings. The normalized spacial score (nSPS) is 12.6. The van der Waals surface area contributed by atoms with Crippen LogP contribution in [0.25, 0.3) is 33.1 Å². The molecule has 0 aliphatic heterocycles. The number of hydrogen-bond acceptors (Lipinski definition) is 6. The Morgan fingerprint density at radius 3 is 2.62 bits per heavy atom. The second-order valence-electron chi connectivity index (χ2n) is 8.03. The van der Waals surface area contributed by atoms with E-state index in [0.717, 1.165) is 0 Å². The van der Waals surface area contributed by atoms with E-state index < -0.39 is 5.82 Å². The quantitative estimate of drug-likeness (QED) is 0.377. The minimum absolute atomic E-state index is 0.0772. The van der Waals surface area contributed by atoms with Crippen LogP contribution in [0.3, 0.4) is 0 Å². The summed E-state index contributed by atoms with van der Waals surface area (Å²) in [7, 11) is 1.50. The minimum atomic E-state index is -0.539. The molecular formula is C23H24ClFN4O3. The van der Waals surface area contributed by atoms with E-state index in [4.69, 9.17) is 26.8 Å². The number of H-pyrrole nitrogens is 1. The molecule has 168 valence electrons. The van der Waals surface area contributed by atoms with E-state index in [2.05, 4.69) is 15.2 Å². The van der Waals surface area contributed by atoms with E-state index in [0.29, 0.717) is 39.1 Å². The van der Waals surface area contributed by atoms with Crippen molar-refractivity contribution in [2.24, 2.45) is 11.7 Å². The molecule has 2 aromatic carbocycles. The van der Waals surface area contributed by atoms with Crippen LogP contribution in [0.15, 0.2) is 24.3 Å². The van der Waals surface area contributed by atoms with E-state index in [1.165, 1.54) is 25.3 Å². The number of phenolic OH excluding ortho intramolecular Hbond substituents is 1. The number of nitrogens with zero attached hydrogens (tertiary/aromatic N) is 2. The Bertz CT molecular complexity index is 1320. The van der Waals surface area contributed by atoms with Gasteiger partial charge in [0.05, 0.1) is 23.2 Å². The van der Waals surface area contributed by atoms with Crippen LogP contribution >= 0.6 is 11.6 Å². The van der Waals surface area contributed by atoms with Gasteiger partial charge in [-0.05, 0) is 31.0 Å². The van der Waals surface area contributed by atoms with Crippen LogP contribution in [-0.2, 0) is 0 Å². The van der Waals surface area contributed by atoms with Crippen LogP contribution in [0, 0.1) is 18.7 Å². The molecule has 4 rings (SSSR count). The Morgan fingerprint density at radius 1 is 1.22 bits per heavy atom. The number of hydrogen-bond donors (Lipinski definition) is 3. The summed E-state index contributed by atoms with van der Waals surface area (Å²) in [6.45, 7) is 6.02. The predicted molar refractivity (Wildman–Crippen MR) is 123 cm³/mol. The summed E-state index contributed by atoms with van der Waals surface area (Å²) >= 11 is 6.11. The van der Waals surface area contributed by atoms with Crippen molar-refractivity contribution in [3.63, 3.8) is 0 Å². The third kappa shape index (κ3) is 3.69. The molecule has 0 radical (unpaired) electrons. The van der Waals surface area contributed by atoms with Crippen LogP contribution in [0.4, 0.5) is 4.39 Å². The predicted octanol–water partition coefficient (Wildman–Crippen LogP) is 4.96. The van der Waals surface area contributed by atoms with Gasteiger partial charge in [0.1, 0.15) is 18.2 Å². The number of phenols is 1. The number of aromatic amines is 1. The van der Waals surface area contributed by atoms with Crippen molar-refractivity contribution in [3.8, 4) is 28.5 Å². The average Bonchev–Trinajstić information content (AvgIpc) is 3.13. The molecule has 0 fully saturated rings. The molecule has 2 heterocycles. The van der Waals surface area contributed by atoms with Crippen molar-refractivity contribution in [1.82, 2.24) is 15.2 Å². The van der Waals surface area contributed by atoms with Gasteiger partial charge in [0.2, 0.25) is 0 Å². The van der Waals surface area contributed by atoms with Crippen LogP contribution in [0.1, 0.15) is 19.5 Å². The topological polar surface area (TPSA) is 106 Å². The molecule has 32 heavy (non-hydrogen) atoms. The second kappa shape index (κ2) is 8.44. The highest BCUT2D eigenvalue weighted by Gasteiger charge is 2.24. The number of aromatic hydroxyl groups is 1. The Hall–Kier alpha value is -3.10. The number of rotatable bonds is 6. The van der Waals surface area contributed by atoms with Gasteiger partial charge in [-0.3, -0.25) is 5.10 Å². The molecule has 0 bridgehead atoms. The first-order valence-electron chi connectivity index (χ1n) is 10.1. The van der Waals surface area contributed by atoms with Crippen LogP contribution < -0.4 is 15.2 Å². The zero-order valence-corrected chi connectivity index (χ0v) is 18.9. The Labute approximate surface area is 189 Å². The lowest BCUT2D eigenvalue weighted by molar-refractivity contribution is 0.248. The van der Waals surface area contributed by atoms with Gasteiger partial charge in [0, 0.05) is 34.1 Å². The van der Waals surface area contributed by atoms with E-state index in [9.17, 15) is 5.11 Å².